The predicted octanol–water partition coefficient (Wildman–Crippen LogP) is 2.21. The molecule has 17 heavy (non-hydrogen) atoms. The summed E-state index contributed by atoms with van der Waals surface area (Å²) in [6.07, 6.45) is 4.33. The van der Waals surface area contributed by atoms with Gasteiger partial charge in [-0.2, -0.15) is 4.98 Å². The molecule has 2 aliphatic rings. The molecule has 2 bridgehead atoms. The first-order valence-electron chi connectivity index (χ1n) is 6.37. The number of anilines is 1. The second kappa shape index (κ2) is 4.53. The van der Waals surface area contributed by atoms with E-state index in [0.29, 0.717) is 30.7 Å². The fourth-order valence-corrected chi connectivity index (χ4v) is 2.70. The fourth-order valence-electron chi connectivity index (χ4n) is 2.70. The Kier molecular flexibility index (Phi) is 2.89. The molecule has 3 heterocycles. The number of hydrogen-bond acceptors (Lipinski definition) is 4. The van der Waals surface area contributed by atoms with Crippen LogP contribution < -0.4 is 10.1 Å². The van der Waals surface area contributed by atoms with Crippen molar-refractivity contribution >= 4 is 5.82 Å². The van der Waals surface area contributed by atoms with E-state index in [-0.39, 0.29) is 0 Å². The average molecular weight is 234 g/mol. The SMILES string of the molecule is CCOc1cccc(NC2CC3CCC2O3)n1. The Labute approximate surface area is 101 Å². The first kappa shape index (κ1) is 10.8. The lowest BCUT2D eigenvalue weighted by molar-refractivity contribution is 0.102. The van der Waals surface area contributed by atoms with Crippen LogP contribution in [0.1, 0.15) is 26.2 Å². The Morgan fingerprint density at radius 2 is 2.41 bits per heavy atom. The molecule has 0 aliphatic carbocycles. The van der Waals surface area contributed by atoms with Crippen LogP contribution in [0.2, 0.25) is 0 Å². The molecule has 4 heteroatoms. The molecule has 92 valence electrons. The second-order valence-corrected chi connectivity index (χ2v) is 4.65. The Balaban J connectivity index is 1.66. The highest BCUT2D eigenvalue weighted by molar-refractivity contribution is 5.39. The molecule has 0 amide bonds. The van der Waals surface area contributed by atoms with Crippen LogP contribution in [0, 0.1) is 0 Å². The van der Waals surface area contributed by atoms with Gasteiger partial charge in [-0.15, -0.1) is 0 Å². The summed E-state index contributed by atoms with van der Waals surface area (Å²) in [4.78, 5) is 4.42. The molecule has 1 aromatic rings. The Bertz CT molecular complexity index is 397. The number of nitrogens with zero attached hydrogens (tertiary/aromatic N) is 1. The van der Waals surface area contributed by atoms with Gasteiger partial charge in [-0.25, -0.2) is 0 Å². The van der Waals surface area contributed by atoms with E-state index >= 15 is 0 Å². The quantitative estimate of drug-likeness (QED) is 0.867. The van der Waals surface area contributed by atoms with E-state index in [9.17, 15) is 0 Å². The van der Waals surface area contributed by atoms with Crippen molar-refractivity contribution in [3.8, 4) is 5.88 Å². The van der Waals surface area contributed by atoms with Crippen molar-refractivity contribution in [2.45, 2.75) is 44.4 Å². The van der Waals surface area contributed by atoms with Crippen LogP contribution in [0.5, 0.6) is 5.88 Å². The van der Waals surface area contributed by atoms with Crippen molar-refractivity contribution in [1.29, 1.82) is 0 Å². The van der Waals surface area contributed by atoms with E-state index < -0.39 is 0 Å². The summed E-state index contributed by atoms with van der Waals surface area (Å²) in [5, 5.41) is 3.45. The Morgan fingerprint density at radius 3 is 3.12 bits per heavy atom. The molecular formula is C13H18N2O2. The van der Waals surface area contributed by atoms with Gasteiger partial charge in [-0.3, -0.25) is 0 Å². The standard InChI is InChI=1S/C13H18N2O2/c1-2-16-13-5-3-4-12(15-13)14-10-8-9-6-7-11(10)17-9/h3-5,9-11H,2,6-8H2,1H3,(H,14,15). The van der Waals surface area contributed by atoms with Crippen molar-refractivity contribution < 1.29 is 9.47 Å². The van der Waals surface area contributed by atoms with Crippen molar-refractivity contribution in [1.82, 2.24) is 4.98 Å². The number of rotatable bonds is 4. The molecule has 2 saturated heterocycles. The van der Waals surface area contributed by atoms with Crippen LogP contribution in [0.3, 0.4) is 0 Å². The van der Waals surface area contributed by atoms with Crippen molar-refractivity contribution in [3.63, 3.8) is 0 Å². The fraction of sp³-hybridized carbons (Fsp3) is 0.615. The lowest BCUT2D eigenvalue weighted by Crippen LogP contribution is -2.30. The summed E-state index contributed by atoms with van der Waals surface area (Å²) in [6, 6.07) is 6.24. The summed E-state index contributed by atoms with van der Waals surface area (Å²) in [5.74, 6) is 1.57. The van der Waals surface area contributed by atoms with Crippen LogP contribution in [0.15, 0.2) is 18.2 Å². The molecule has 0 saturated carbocycles. The Morgan fingerprint density at radius 1 is 1.47 bits per heavy atom. The van der Waals surface area contributed by atoms with Gasteiger partial charge in [0, 0.05) is 6.07 Å². The van der Waals surface area contributed by atoms with E-state index in [0.717, 1.165) is 12.2 Å². The van der Waals surface area contributed by atoms with E-state index in [1.807, 2.05) is 25.1 Å². The van der Waals surface area contributed by atoms with Gasteiger partial charge >= 0.3 is 0 Å². The molecule has 1 N–H and O–H groups in total. The van der Waals surface area contributed by atoms with Gasteiger partial charge < -0.3 is 14.8 Å². The number of fused-ring (bicyclic) bond motifs is 2. The van der Waals surface area contributed by atoms with Gasteiger partial charge in [-0.1, -0.05) is 6.07 Å². The van der Waals surface area contributed by atoms with Crippen LogP contribution in [-0.4, -0.2) is 29.8 Å². The molecule has 0 spiro atoms. The van der Waals surface area contributed by atoms with E-state index in [1.165, 1.54) is 12.8 Å². The summed E-state index contributed by atoms with van der Waals surface area (Å²) >= 11 is 0. The number of nitrogens with one attached hydrogen (secondary N) is 1. The van der Waals surface area contributed by atoms with Crippen LogP contribution in [-0.2, 0) is 4.74 Å². The smallest absolute Gasteiger partial charge is 0.215 e. The maximum atomic E-state index is 5.81. The maximum Gasteiger partial charge on any atom is 0.215 e. The normalized spacial score (nSPS) is 30.5. The van der Waals surface area contributed by atoms with Gasteiger partial charge in [0.2, 0.25) is 5.88 Å². The number of ether oxygens (including phenoxy) is 2. The monoisotopic (exact) mass is 234 g/mol. The van der Waals surface area contributed by atoms with Gasteiger partial charge in [-0.05, 0) is 32.3 Å². The van der Waals surface area contributed by atoms with Crippen molar-refractivity contribution in [2.24, 2.45) is 0 Å². The first-order valence-corrected chi connectivity index (χ1v) is 6.37. The van der Waals surface area contributed by atoms with E-state index in [2.05, 4.69) is 10.3 Å². The van der Waals surface area contributed by atoms with Crippen molar-refractivity contribution in [2.75, 3.05) is 11.9 Å². The molecule has 1 aromatic heterocycles. The highest BCUT2D eigenvalue weighted by Crippen LogP contribution is 2.35. The predicted molar refractivity (Wildman–Crippen MR) is 65.3 cm³/mol. The third kappa shape index (κ3) is 2.22. The lowest BCUT2D eigenvalue weighted by atomic mass is 9.95. The topological polar surface area (TPSA) is 43.4 Å². The number of pyridine rings is 1. The summed E-state index contributed by atoms with van der Waals surface area (Å²) < 4.78 is 11.2. The number of hydrogen-bond donors (Lipinski definition) is 1. The third-order valence-electron chi connectivity index (χ3n) is 3.46. The molecule has 3 atom stereocenters. The van der Waals surface area contributed by atoms with E-state index in [4.69, 9.17) is 9.47 Å². The molecule has 0 radical (unpaired) electrons. The van der Waals surface area contributed by atoms with Gasteiger partial charge in [0.15, 0.2) is 0 Å². The number of aromatic nitrogens is 1. The third-order valence-corrected chi connectivity index (χ3v) is 3.46. The maximum absolute atomic E-state index is 5.81. The Hall–Kier alpha value is -1.29. The molecule has 0 aromatic carbocycles. The van der Waals surface area contributed by atoms with Gasteiger partial charge in [0.05, 0.1) is 24.9 Å². The first-order chi connectivity index (χ1) is 8.35. The lowest BCUT2D eigenvalue weighted by Gasteiger charge is -2.20. The average Bonchev–Trinajstić information content (AvgIpc) is 2.92. The van der Waals surface area contributed by atoms with Crippen LogP contribution >= 0.6 is 0 Å². The molecule has 2 fully saturated rings. The van der Waals surface area contributed by atoms with Crippen molar-refractivity contribution in [3.05, 3.63) is 18.2 Å². The molecule has 2 aliphatic heterocycles. The zero-order valence-corrected chi connectivity index (χ0v) is 10.1. The van der Waals surface area contributed by atoms with E-state index in [1.54, 1.807) is 0 Å². The highest BCUT2D eigenvalue weighted by Gasteiger charge is 2.40. The summed E-state index contributed by atoms with van der Waals surface area (Å²) in [6.45, 7) is 2.61. The minimum absolute atomic E-state index is 0.373. The largest absolute Gasteiger partial charge is 0.478 e. The molecular weight excluding hydrogens is 216 g/mol. The minimum Gasteiger partial charge on any atom is -0.478 e. The highest BCUT2D eigenvalue weighted by atomic mass is 16.5. The molecule has 3 unspecified atom stereocenters. The summed E-state index contributed by atoms with van der Waals surface area (Å²) in [7, 11) is 0. The van der Waals surface area contributed by atoms with Gasteiger partial charge in [0.25, 0.3) is 0 Å². The van der Waals surface area contributed by atoms with Gasteiger partial charge in [0.1, 0.15) is 5.82 Å². The minimum atomic E-state index is 0.373. The zero-order chi connectivity index (χ0) is 11.7. The van der Waals surface area contributed by atoms with Crippen LogP contribution in [0.4, 0.5) is 5.82 Å². The molecule has 4 nitrogen and oxygen atoms in total. The van der Waals surface area contributed by atoms with Crippen LogP contribution in [0.25, 0.3) is 0 Å². The summed E-state index contributed by atoms with van der Waals surface area (Å²) in [5.41, 5.74) is 0. The molecule has 3 rings (SSSR count). The zero-order valence-electron chi connectivity index (χ0n) is 10.1. The second-order valence-electron chi connectivity index (χ2n) is 4.65.